The second-order valence-corrected chi connectivity index (χ2v) is 6.95. The average molecular weight is 387 g/mol. The fourth-order valence-electron chi connectivity index (χ4n) is 2.34. The molecular weight excluding hydrogens is 367 g/mol. The van der Waals surface area contributed by atoms with Gasteiger partial charge in [-0.25, -0.2) is 14.8 Å². The Balaban J connectivity index is 2.57. The minimum Gasteiger partial charge on any atom is -0.443 e. The highest BCUT2D eigenvalue weighted by atomic mass is 19.4. The molecule has 0 aliphatic rings. The van der Waals surface area contributed by atoms with Crippen LogP contribution in [0.4, 0.5) is 29.6 Å². The molecule has 148 valence electrons. The molecule has 0 spiro atoms. The van der Waals surface area contributed by atoms with E-state index in [1.807, 2.05) is 0 Å². The van der Waals surface area contributed by atoms with E-state index in [2.05, 4.69) is 9.97 Å². The number of nitrogens with one attached hydrogen (secondary N) is 1. The maximum atomic E-state index is 12.6. The van der Waals surface area contributed by atoms with Crippen LogP contribution in [0.3, 0.4) is 0 Å². The molecule has 0 aliphatic carbocycles. The molecule has 0 aliphatic heterocycles. The summed E-state index contributed by atoms with van der Waals surface area (Å²) in [7, 11) is 2.99. The van der Waals surface area contributed by atoms with Crippen LogP contribution in [0.15, 0.2) is 6.33 Å². The fraction of sp³-hybridized carbons (Fsp3) is 0.500. The Morgan fingerprint density at radius 2 is 1.85 bits per heavy atom. The third kappa shape index (κ3) is 4.29. The zero-order valence-electron chi connectivity index (χ0n) is 15.7. The first-order valence-corrected chi connectivity index (χ1v) is 7.89. The van der Waals surface area contributed by atoms with Crippen LogP contribution in [0.5, 0.6) is 0 Å². The van der Waals surface area contributed by atoms with E-state index in [4.69, 9.17) is 4.74 Å². The number of halogens is 3. The third-order valence-corrected chi connectivity index (χ3v) is 3.55. The number of alkyl halides is 3. The number of pyridine rings is 1. The Morgan fingerprint density at radius 1 is 1.26 bits per heavy atom. The van der Waals surface area contributed by atoms with Gasteiger partial charge in [-0.2, -0.15) is 13.2 Å². The molecule has 0 radical (unpaired) electrons. The lowest BCUT2D eigenvalue weighted by Crippen LogP contribution is -2.35. The van der Waals surface area contributed by atoms with E-state index in [1.165, 1.54) is 20.3 Å². The minimum absolute atomic E-state index is 0.0390. The van der Waals surface area contributed by atoms with Crippen LogP contribution in [0.25, 0.3) is 11.0 Å². The molecular formula is C16H20F3N5O3. The zero-order chi connectivity index (χ0) is 20.7. The number of fused-ring (bicyclic) bond motifs is 1. The van der Waals surface area contributed by atoms with Gasteiger partial charge < -0.3 is 14.6 Å². The van der Waals surface area contributed by atoms with E-state index >= 15 is 0 Å². The molecule has 1 N–H and O–H groups in total. The molecule has 2 rings (SSSR count). The number of ether oxygens (including phenoxy) is 1. The van der Waals surface area contributed by atoms with E-state index in [-0.39, 0.29) is 22.7 Å². The van der Waals surface area contributed by atoms with Gasteiger partial charge in [0, 0.05) is 19.7 Å². The quantitative estimate of drug-likeness (QED) is 0.855. The Bertz CT molecular complexity index is 899. The van der Waals surface area contributed by atoms with E-state index in [0.29, 0.717) is 5.52 Å². The van der Waals surface area contributed by atoms with Gasteiger partial charge >= 0.3 is 18.2 Å². The maximum Gasteiger partial charge on any atom is 0.471 e. The second kappa shape index (κ2) is 6.71. The number of aromatic nitrogens is 3. The van der Waals surface area contributed by atoms with Crippen molar-refractivity contribution < 1.29 is 27.5 Å². The molecule has 2 amide bonds. The molecule has 2 heterocycles. The van der Waals surface area contributed by atoms with Crippen molar-refractivity contribution >= 4 is 34.7 Å². The van der Waals surface area contributed by atoms with Crippen molar-refractivity contribution in [3.63, 3.8) is 0 Å². The molecule has 8 nitrogen and oxygen atoms in total. The van der Waals surface area contributed by atoms with Gasteiger partial charge in [0.2, 0.25) is 0 Å². The first kappa shape index (κ1) is 20.5. The summed E-state index contributed by atoms with van der Waals surface area (Å²) in [6, 6.07) is 0. The molecule has 0 saturated heterocycles. The molecule has 2 aromatic heterocycles. The molecule has 0 unspecified atom stereocenters. The summed E-state index contributed by atoms with van der Waals surface area (Å²) in [6.45, 7) is 6.52. The third-order valence-electron chi connectivity index (χ3n) is 3.55. The molecule has 27 heavy (non-hydrogen) atoms. The van der Waals surface area contributed by atoms with Crippen LogP contribution < -0.4 is 10.2 Å². The van der Waals surface area contributed by atoms with Crippen molar-refractivity contribution in [1.82, 2.24) is 14.5 Å². The largest absolute Gasteiger partial charge is 0.471 e. The second-order valence-electron chi connectivity index (χ2n) is 6.95. The van der Waals surface area contributed by atoms with Crippen molar-refractivity contribution in [2.75, 3.05) is 17.3 Å². The number of hydrogen-bond donors (Lipinski definition) is 1. The number of imidazole rings is 1. The van der Waals surface area contributed by atoms with Crippen molar-refractivity contribution in [2.24, 2.45) is 7.05 Å². The SMILES string of the molecule is Cc1c(NC(=O)C(F)(F)F)nc(N(C)C(=O)OC(C)(C)C)c2ncn(C)c12. The maximum absolute atomic E-state index is 12.6. The summed E-state index contributed by atoms with van der Waals surface area (Å²) >= 11 is 0. The minimum atomic E-state index is -5.08. The van der Waals surface area contributed by atoms with Crippen LogP contribution in [0.1, 0.15) is 26.3 Å². The molecule has 2 aromatic rings. The Hall–Kier alpha value is -2.85. The summed E-state index contributed by atoms with van der Waals surface area (Å²) in [5.74, 6) is -2.52. The molecule has 0 fully saturated rings. The summed E-state index contributed by atoms with van der Waals surface area (Å²) in [5, 5.41) is 1.75. The zero-order valence-corrected chi connectivity index (χ0v) is 15.7. The molecule has 0 aromatic carbocycles. The number of aryl methyl sites for hydroxylation is 2. The van der Waals surface area contributed by atoms with Crippen molar-refractivity contribution in [3.8, 4) is 0 Å². The van der Waals surface area contributed by atoms with E-state index in [0.717, 1.165) is 4.90 Å². The Labute approximate surface area is 153 Å². The van der Waals surface area contributed by atoms with Crippen LogP contribution in [0.2, 0.25) is 0 Å². The van der Waals surface area contributed by atoms with Crippen LogP contribution in [0, 0.1) is 6.92 Å². The highest BCUT2D eigenvalue weighted by Crippen LogP contribution is 2.31. The monoisotopic (exact) mass is 387 g/mol. The number of carbonyl (C=O) groups excluding carboxylic acids is 2. The van der Waals surface area contributed by atoms with Gasteiger partial charge in [0.15, 0.2) is 5.82 Å². The summed E-state index contributed by atoms with van der Waals surface area (Å²) in [5.41, 5.74) is 0.206. The fourth-order valence-corrected chi connectivity index (χ4v) is 2.34. The lowest BCUT2D eigenvalue weighted by Gasteiger charge is -2.25. The van der Waals surface area contributed by atoms with Crippen LogP contribution >= 0.6 is 0 Å². The highest BCUT2D eigenvalue weighted by Gasteiger charge is 2.39. The molecule has 11 heteroatoms. The predicted molar refractivity (Wildman–Crippen MR) is 92.6 cm³/mol. The van der Waals surface area contributed by atoms with Gasteiger partial charge in [-0.1, -0.05) is 0 Å². The van der Waals surface area contributed by atoms with Crippen molar-refractivity contribution in [3.05, 3.63) is 11.9 Å². The number of rotatable bonds is 2. The van der Waals surface area contributed by atoms with E-state index in [1.54, 1.807) is 37.7 Å². The van der Waals surface area contributed by atoms with Gasteiger partial charge in [0.1, 0.15) is 16.9 Å². The lowest BCUT2D eigenvalue weighted by atomic mass is 10.2. The number of hydrogen-bond acceptors (Lipinski definition) is 5. The van der Waals surface area contributed by atoms with E-state index < -0.39 is 23.8 Å². The molecule has 0 saturated carbocycles. The van der Waals surface area contributed by atoms with Crippen LogP contribution in [-0.4, -0.2) is 45.4 Å². The van der Waals surface area contributed by atoms with Gasteiger partial charge in [0.05, 0.1) is 11.8 Å². The highest BCUT2D eigenvalue weighted by molar-refractivity contribution is 6.02. The summed E-state index contributed by atoms with van der Waals surface area (Å²) in [4.78, 5) is 32.9. The first-order chi connectivity index (χ1) is 12.2. The summed E-state index contributed by atoms with van der Waals surface area (Å²) < 4.78 is 44.7. The normalized spacial score (nSPS) is 12.2. The van der Waals surface area contributed by atoms with Gasteiger partial charge in [-0.05, 0) is 27.7 Å². The number of carbonyl (C=O) groups is 2. The van der Waals surface area contributed by atoms with Gasteiger partial charge in [0.25, 0.3) is 0 Å². The smallest absolute Gasteiger partial charge is 0.443 e. The van der Waals surface area contributed by atoms with Gasteiger partial charge in [-0.3, -0.25) is 9.69 Å². The number of nitrogens with zero attached hydrogens (tertiary/aromatic N) is 4. The first-order valence-electron chi connectivity index (χ1n) is 7.89. The lowest BCUT2D eigenvalue weighted by molar-refractivity contribution is -0.167. The molecule has 0 atom stereocenters. The predicted octanol–water partition coefficient (Wildman–Crippen LogP) is 3.15. The van der Waals surface area contributed by atoms with E-state index in [9.17, 15) is 22.8 Å². The van der Waals surface area contributed by atoms with Crippen molar-refractivity contribution in [2.45, 2.75) is 39.5 Å². The summed E-state index contributed by atoms with van der Waals surface area (Å²) in [6.07, 6.45) is -4.41. The van der Waals surface area contributed by atoms with Crippen LogP contribution in [-0.2, 0) is 16.6 Å². The Kier molecular flexibility index (Phi) is 5.08. The Morgan fingerprint density at radius 3 is 2.37 bits per heavy atom. The van der Waals surface area contributed by atoms with Crippen molar-refractivity contribution in [1.29, 1.82) is 0 Å². The number of anilines is 2. The van der Waals surface area contributed by atoms with Gasteiger partial charge in [-0.15, -0.1) is 0 Å². The molecule has 0 bridgehead atoms. The average Bonchev–Trinajstić information content (AvgIpc) is 2.89. The topological polar surface area (TPSA) is 89.3 Å². The standard InChI is InChI=1S/C16H20F3N5O3/c1-8-10-9(20-7-23(10)5)12(24(6)14(26)27-15(2,3)4)21-11(8)22-13(25)16(17,18)19/h7H,1-6H3,(H,21,22,25). The number of amides is 2.